The predicted molar refractivity (Wildman–Crippen MR) is 106 cm³/mol. The van der Waals surface area contributed by atoms with E-state index in [0.29, 0.717) is 0 Å². The monoisotopic (exact) mass is 363 g/mol. The summed E-state index contributed by atoms with van der Waals surface area (Å²) in [6.45, 7) is 7.09. The van der Waals surface area contributed by atoms with Crippen molar-refractivity contribution >= 4 is 17.4 Å². The van der Waals surface area contributed by atoms with Gasteiger partial charge >= 0.3 is 0 Å². The van der Waals surface area contributed by atoms with Crippen LogP contribution in [0, 0.1) is 0 Å². The largest absolute Gasteiger partial charge is 0.354 e. The number of hydrogen-bond acceptors (Lipinski definition) is 6. The molecule has 7 heteroatoms. The molecule has 0 spiro atoms. The first-order valence-corrected chi connectivity index (χ1v) is 9.83. The van der Waals surface area contributed by atoms with Crippen LogP contribution in [0.3, 0.4) is 0 Å². The maximum atomic E-state index is 4.82. The SMILES string of the molecule is c1ccn2cc(CN3CCN(c4ccnc(N5CCCC5)n4)CC3)nc2c1. The molecule has 2 aliphatic heterocycles. The van der Waals surface area contributed by atoms with Crippen molar-refractivity contribution in [1.29, 1.82) is 0 Å². The van der Waals surface area contributed by atoms with Gasteiger partial charge in [-0.1, -0.05) is 6.07 Å². The second kappa shape index (κ2) is 7.15. The quantitative estimate of drug-likeness (QED) is 0.707. The highest BCUT2D eigenvalue weighted by molar-refractivity contribution is 5.44. The first-order valence-electron chi connectivity index (χ1n) is 9.83. The Balaban J connectivity index is 1.21. The van der Waals surface area contributed by atoms with E-state index in [1.165, 1.54) is 12.8 Å². The zero-order valence-electron chi connectivity index (χ0n) is 15.5. The van der Waals surface area contributed by atoms with Crippen LogP contribution in [0.4, 0.5) is 11.8 Å². The molecule has 7 nitrogen and oxygen atoms in total. The van der Waals surface area contributed by atoms with Crippen molar-refractivity contribution in [1.82, 2.24) is 24.3 Å². The Bertz CT molecular complexity index is 874. The first-order chi connectivity index (χ1) is 13.3. The minimum atomic E-state index is 0.886. The van der Waals surface area contributed by atoms with Crippen LogP contribution in [0.1, 0.15) is 18.5 Å². The highest BCUT2D eigenvalue weighted by Crippen LogP contribution is 2.20. The van der Waals surface area contributed by atoms with E-state index in [9.17, 15) is 0 Å². The smallest absolute Gasteiger partial charge is 0.227 e. The van der Waals surface area contributed by atoms with Crippen LogP contribution in [0.15, 0.2) is 42.9 Å². The summed E-state index contributed by atoms with van der Waals surface area (Å²) in [5.41, 5.74) is 2.15. The Morgan fingerprint density at radius 1 is 0.852 bits per heavy atom. The summed E-state index contributed by atoms with van der Waals surface area (Å²) >= 11 is 0. The van der Waals surface area contributed by atoms with Crippen LogP contribution in [-0.4, -0.2) is 63.5 Å². The van der Waals surface area contributed by atoms with Crippen molar-refractivity contribution in [3.05, 3.63) is 48.5 Å². The van der Waals surface area contributed by atoms with Gasteiger partial charge in [0.05, 0.1) is 5.69 Å². The van der Waals surface area contributed by atoms with Gasteiger partial charge in [0.15, 0.2) is 0 Å². The van der Waals surface area contributed by atoms with Crippen LogP contribution >= 0.6 is 0 Å². The Morgan fingerprint density at radius 3 is 2.52 bits per heavy atom. The summed E-state index contributed by atoms with van der Waals surface area (Å²) in [7, 11) is 0. The van der Waals surface area contributed by atoms with Crippen molar-refractivity contribution in [3.8, 4) is 0 Å². The molecular weight excluding hydrogens is 338 g/mol. The number of anilines is 2. The molecule has 0 aromatic carbocycles. The third-order valence-corrected chi connectivity index (χ3v) is 5.51. The first kappa shape index (κ1) is 16.5. The molecule has 2 aliphatic rings. The molecule has 0 radical (unpaired) electrons. The van der Waals surface area contributed by atoms with E-state index in [2.05, 4.69) is 42.5 Å². The predicted octanol–water partition coefficient (Wildman–Crippen LogP) is 2.05. The van der Waals surface area contributed by atoms with Gasteiger partial charge in [-0.15, -0.1) is 0 Å². The fourth-order valence-electron chi connectivity index (χ4n) is 4.01. The van der Waals surface area contributed by atoms with Crippen molar-refractivity contribution in [2.45, 2.75) is 19.4 Å². The Labute approximate surface area is 159 Å². The van der Waals surface area contributed by atoms with Gasteiger partial charge in [0.1, 0.15) is 11.5 Å². The second-order valence-corrected chi connectivity index (χ2v) is 7.37. The molecule has 140 valence electrons. The maximum absolute atomic E-state index is 4.82. The maximum Gasteiger partial charge on any atom is 0.227 e. The van der Waals surface area contributed by atoms with E-state index in [1.807, 2.05) is 24.4 Å². The fraction of sp³-hybridized carbons (Fsp3) is 0.450. The molecular formula is C20H25N7. The van der Waals surface area contributed by atoms with Crippen LogP contribution in [-0.2, 0) is 6.54 Å². The van der Waals surface area contributed by atoms with Crippen LogP contribution < -0.4 is 9.80 Å². The average molecular weight is 363 g/mol. The number of rotatable bonds is 4. The zero-order chi connectivity index (χ0) is 18.1. The lowest BCUT2D eigenvalue weighted by atomic mass is 10.3. The summed E-state index contributed by atoms with van der Waals surface area (Å²) in [4.78, 5) is 21.2. The van der Waals surface area contributed by atoms with Crippen molar-refractivity contribution in [2.24, 2.45) is 0 Å². The van der Waals surface area contributed by atoms with Crippen LogP contribution in [0.2, 0.25) is 0 Å². The molecule has 0 amide bonds. The third kappa shape index (κ3) is 3.47. The number of nitrogens with zero attached hydrogens (tertiary/aromatic N) is 7. The van der Waals surface area contributed by atoms with Gasteiger partial charge < -0.3 is 14.2 Å². The topological polar surface area (TPSA) is 52.8 Å². The highest BCUT2D eigenvalue weighted by atomic mass is 15.3. The molecule has 0 unspecified atom stereocenters. The molecule has 27 heavy (non-hydrogen) atoms. The summed E-state index contributed by atoms with van der Waals surface area (Å²) in [6, 6.07) is 8.16. The average Bonchev–Trinajstić information content (AvgIpc) is 3.38. The Morgan fingerprint density at radius 2 is 1.70 bits per heavy atom. The van der Waals surface area contributed by atoms with Gasteiger partial charge in [-0.25, -0.2) is 9.97 Å². The molecule has 2 saturated heterocycles. The van der Waals surface area contributed by atoms with E-state index in [1.54, 1.807) is 0 Å². The molecule has 0 saturated carbocycles. The van der Waals surface area contributed by atoms with Gasteiger partial charge in [-0.3, -0.25) is 4.90 Å². The molecule has 3 aromatic heterocycles. The van der Waals surface area contributed by atoms with Gasteiger partial charge in [0.25, 0.3) is 0 Å². The number of piperazine rings is 1. The van der Waals surface area contributed by atoms with Crippen molar-refractivity contribution < 1.29 is 0 Å². The van der Waals surface area contributed by atoms with Crippen molar-refractivity contribution in [3.63, 3.8) is 0 Å². The molecule has 5 rings (SSSR count). The minimum absolute atomic E-state index is 0.886. The zero-order valence-corrected chi connectivity index (χ0v) is 15.5. The van der Waals surface area contributed by atoms with E-state index in [-0.39, 0.29) is 0 Å². The number of pyridine rings is 1. The lowest BCUT2D eigenvalue weighted by Crippen LogP contribution is -2.46. The third-order valence-electron chi connectivity index (χ3n) is 5.51. The molecule has 3 aromatic rings. The summed E-state index contributed by atoms with van der Waals surface area (Å²) < 4.78 is 2.09. The molecule has 5 heterocycles. The van der Waals surface area contributed by atoms with Crippen molar-refractivity contribution in [2.75, 3.05) is 49.1 Å². The fourth-order valence-corrected chi connectivity index (χ4v) is 4.01. The summed E-state index contributed by atoms with van der Waals surface area (Å²) in [5, 5.41) is 0. The summed E-state index contributed by atoms with van der Waals surface area (Å²) in [6.07, 6.45) is 8.58. The second-order valence-electron chi connectivity index (χ2n) is 7.37. The van der Waals surface area contributed by atoms with Gasteiger partial charge in [0.2, 0.25) is 5.95 Å². The molecule has 0 N–H and O–H groups in total. The highest BCUT2D eigenvalue weighted by Gasteiger charge is 2.21. The minimum Gasteiger partial charge on any atom is -0.354 e. The van der Waals surface area contributed by atoms with Gasteiger partial charge in [-0.2, -0.15) is 4.98 Å². The molecule has 0 atom stereocenters. The van der Waals surface area contributed by atoms with E-state index >= 15 is 0 Å². The van der Waals surface area contributed by atoms with Crippen LogP contribution in [0.25, 0.3) is 5.65 Å². The number of hydrogen-bond donors (Lipinski definition) is 0. The number of fused-ring (bicyclic) bond motifs is 1. The van der Waals surface area contributed by atoms with E-state index < -0.39 is 0 Å². The van der Waals surface area contributed by atoms with Gasteiger partial charge in [-0.05, 0) is 31.0 Å². The summed E-state index contributed by atoms with van der Waals surface area (Å²) in [5.74, 6) is 1.94. The van der Waals surface area contributed by atoms with E-state index in [4.69, 9.17) is 9.97 Å². The lowest BCUT2D eigenvalue weighted by molar-refractivity contribution is 0.247. The van der Waals surface area contributed by atoms with Gasteiger partial charge in [0, 0.05) is 64.4 Å². The lowest BCUT2D eigenvalue weighted by Gasteiger charge is -2.35. The number of imidazole rings is 1. The van der Waals surface area contributed by atoms with E-state index in [0.717, 1.165) is 68.9 Å². The Kier molecular flexibility index (Phi) is 4.37. The standard InChI is InChI=1S/C20H25N7/c1-2-10-27-16-17(22-18(27)5-1)15-24-11-13-25(14-12-24)19-6-7-21-20(23-19)26-8-3-4-9-26/h1-2,5-7,10,16H,3-4,8-9,11-15H2. The van der Waals surface area contributed by atoms with Crippen LogP contribution in [0.5, 0.6) is 0 Å². The number of aromatic nitrogens is 4. The molecule has 0 bridgehead atoms. The molecule has 0 aliphatic carbocycles. The Hall–Kier alpha value is -2.67. The molecule has 2 fully saturated rings. The normalized spacial score (nSPS) is 18.5.